The summed E-state index contributed by atoms with van der Waals surface area (Å²) in [5.41, 5.74) is 0. The van der Waals surface area contributed by atoms with E-state index in [1.807, 2.05) is 0 Å². The van der Waals surface area contributed by atoms with Crippen molar-refractivity contribution in [1.82, 2.24) is 15.3 Å². The summed E-state index contributed by atoms with van der Waals surface area (Å²) in [6.45, 7) is 1.70. The van der Waals surface area contributed by atoms with Gasteiger partial charge in [-0.25, -0.2) is 4.98 Å². The SMILES string of the molecule is COc1ncc(Cl)c(OCCC2CCCCN2)n1. The van der Waals surface area contributed by atoms with Crippen molar-refractivity contribution < 1.29 is 9.47 Å². The van der Waals surface area contributed by atoms with Gasteiger partial charge >= 0.3 is 6.01 Å². The molecule has 1 unspecified atom stereocenters. The number of rotatable bonds is 5. The van der Waals surface area contributed by atoms with Crippen LogP contribution >= 0.6 is 11.6 Å². The number of piperidine rings is 1. The number of nitrogens with one attached hydrogen (secondary N) is 1. The normalized spacial score (nSPS) is 19.6. The molecule has 1 aliphatic heterocycles. The Morgan fingerprint density at radius 1 is 1.50 bits per heavy atom. The molecule has 0 aliphatic carbocycles. The molecule has 1 saturated heterocycles. The van der Waals surface area contributed by atoms with E-state index in [-0.39, 0.29) is 6.01 Å². The number of hydrogen-bond donors (Lipinski definition) is 1. The topological polar surface area (TPSA) is 56.3 Å². The molecule has 0 bridgehead atoms. The van der Waals surface area contributed by atoms with Gasteiger partial charge in [-0.05, 0) is 25.8 Å². The van der Waals surface area contributed by atoms with Gasteiger partial charge in [0.05, 0.1) is 19.9 Å². The van der Waals surface area contributed by atoms with E-state index in [0.717, 1.165) is 13.0 Å². The third-order valence-electron chi connectivity index (χ3n) is 2.99. The van der Waals surface area contributed by atoms with Gasteiger partial charge in [-0.2, -0.15) is 4.98 Å². The highest BCUT2D eigenvalue weighted by molar-refractivity contribution is 6.31. The van der Waals surface area contributed by atoms with Gasteiger partial charge in [0.25, 0.3) is 0 Å². The molecule has 1 fully saturated rings. The van der Waals surface area contributed by atoms with Gasteiger partial charge in [0.1, 0.15) is 5.02 Å². The molecule has 0 saturated carbocycles. The average Bonchev–Trinajstić information content (AvgIpc) is 2.42. The van der Waals surface area contributed by atoms with Gasteiger partial charge in [0, 0.05) is 6.04 Å². The molecule has 6 heteroatoms. The summed E-state index contributed by atoms with van der Waals surface area (Å²) in [6.07, 6.45) is 6.22. The van der Waals surface area contributed by atoms with Gasteiger partial charge in [0.15, 0.2) is 0 Å². The molecular weight excluding hydrogens is 254 g/mol. The second-order valence-corrected chi connectivity index (χ2v) is 4.70. The molecule has 0 radical (unpaired) electrons. The molecule has 0 amide bonds. The number of nitrogens with zero attached hydrogens (tertiary/aromatic N) is 2. The van der Waals surface area contributed by atoms with Crippen molar-refractivity contribution in [2.24, 2.45) is 0 Å². The van der Waals surface area contributed by atoms with E-state index in [9.17, 15) is 0 Å². The average molecular weight is 272 g/mol. The third kappa shape index (κ3) is 3.71. The molecule has 1 aromatic rings. The highest BCUT2D eigenvalue weighted by atomic mass is 35.5. The largest absolute Gasteiger partial charge is 0.476 e. The molecule has 1 aromatic heterocycles. The first kappa shape index (κ1) is 13.4. The van der Waals surface area contributed by atoms with Crippen LogP contribution in [0.3, 0.4) is 0 Å². The second kappa shape index (κ2) is 6.75. The smallest absolute Gasteiger partial charge is 0.319 e. The summed E-state index contributed by atoms with van der Waals surface area (Å²) in [6, 6.07) is 0.812. The van der Waals surface area contributed by atoms with Gasteiger partial charge in [-0.1, -0.05) is 18.0 Å². The molecule has 1 N–H and O–H groups in total. The van der Waals surface area contributed by atoms with Crippen molar-refractivity contribution >= 4 is 11.6 Å². The molecule has 18 heavy (non-hydrogen) atoms. The van der Waals surface area contributed by atoms with Gasteiger partial charge in [-0.15, -0.1) is 0 Å². The fourth-order valence-corrected chi connectivity index (χ4v) is 2.15. The van der Waals surface area contributed by atoms with Crippen molar-refractivity contribution in [2.45, 2.75) is 31.7 Å². The highest BCUT2D eigenvalue weighted by Crippen LogP contribution is 2.23. The van der Waals surface area contributed by atoms with Crippen LogP contribution in [0.25, 0.3) is 0 Å². The Bertz CT molecular complexity index is 384. The lowest BCUT2D eigenvalue weighted by molar-refractivity contribution is 0.256. The Kier molecular flexibility index (Phi) is 5.01. The molecule has 0 spiro atoms. The molecule has 1 aliphatic rings. The summed E-state index contributed by atoms with van der Waals surface area (Å²) in [5.74, 6) is 0.388. The predicted molar refractivity (Wildman–Crippen MR) is 69.3 cm³/mol. The van der Waals surface area contributed by atoms with Crippen LogP contribution in [-0.4, -0.2) is 36.3 Å². The number of hydrogen-bond acceptors (Lipinski definition) is 5. The lowest BCUT2D eigenvalue weighted by Gasteiger charge is -2.23. The monoisotopic (exact) mass is 271 g/mol. The number of halogens is 1. The van der Waals surface area contributed by atoms with Crippen molar-refractivity contribution in [3.05, 3.63) is 11.2 Å². The first-order chi connectivity index (χ1) is 8.79. The Hall–Kier alpha value is -1.07. The lowest BCUT2D eigenvalue weighted by atomic mass is 10.0. The van der Waals surface area contributed by atoms with Crippen LogP contribution in [0.4, 0.5) is 0 Å². The molecule has 2 rings (SSSR count). The van der Waals surface area contributed by atoms with Crippen molar-refractivity contribution in [3.8, 4) is 11.9 Å². The van der Waals surface area contributed by atoms with E-state index in [0.29, 0.717) is 23.6 Å². The molecule has 2 heterocycles. The van der Waals surface area contributed by atoms with Crippen molar-refractivity contribution in [1.29, 1.82) is 0 Å². The van der Waals surface area contributed by atoms with Crippen LogP contribution < -0.4 is 14.8 Å². The Morgan fingerprint density at radius 3 is 3.11 bits per heavy atom. The van der Waals surface area contributed by atoms with E-state index in [2.05, 4.69) is 15.3 Å². The molecule has 100 valence electrons. The molecule has 0 aromatic carbocycles. The summed E-state index contributed by atoms with van der Waals surface area (Å²) < 4.78 is 10.5. The van der Waals surface area contributed by atoms with Gasteiger partial charge in [-0.3, -0.25) is 0 Å². The third-order valence-corrected chi connectivity index (χ3v) is 3.25. The van der Waals surface area contributed by atoms with Gasteiger partial charge < -0.3 is 14.8 Å². The maximum atomic E-state index is 5.95. The number of aromatic nitrogens is 2. The summed E-state index contributed by atoms with van der Waals surface area (Å²) in [4.78, 5) is 7.96. The zero-order valence-electron chi connectivity index (χ0n) is 10.5. The molecular formula is C12H18ClN3O2. The minimum absolute atomic E-state index is 0.269. The standard InChI is InChI=1S/C12H18ClN3O2/c1-17-12-15-8-10(13)11(16-12)18-7-5-9-4-2-3-6-14-9/h8-9,14H,2-7H2,1H3. The fraction of sp³-hybridized carbons (Fsp3) is 0.667. The predicted octanol–water partition coefficient (Wildman–Crippen LogP) is 2.05. The number of ether oxygens (including phenoxy) is 2. The van der Waals surface area contributed by atoms with Crippen LogP contribution in [0.5, 0.6) is 11.9 Å². The van der Waals surface area contributed by atoms with E-state index >= 15 is 0 Å². The van der Waals surface area contributed by atoms with Crippen molar-refractivity contribution in [3.63, 3.8) is 0 Å². The summed E-state index contributed by atoms with van der Waals surface area (Å²) in [7, 11) is 1.51. The van der Waals surface area contributed by atoms with E-state index in [1.54, 1.807) is 0 Å². The molecule has 1 atom stereocenters. The lowest BCUT2D eigenvalue weighted by Crippen LogP contribution is -2.35. The Labute approximate surface area is 112 Å². The first-order valence-electron chi connectivity index (χ1n) is 6.22. The van der Waals surface area contributed by atoms with Crippen LogP contribution in [0, 0.1) is 0 Å². The zero-order valence-corrected chi connectivity index (χ0v) is 11.2. The highest BCUT2D eigenvalue weighted by Gasteiger charge is 2.13. The Balaban J connectivity index is 1.81. The second-order valence-electron chi connectivity index (χ2n) is 4.29. The van der Waals surface area contributed by atoms with Crippen LogP contribution in [0.15, 0.2) is 6.20 Å². The maximum absolute atomic E-state index is 5.95. The first-order valence-corrected chi connectivity index (χ1v) is 6.60. The van der Waals surface area contributed by atoms with E-state index in [1.165, 1.54) is 32.6 Å². The maximum Gasteiger partial charge on any atom is 0.319 e. The summed E-state index contributed by atoms with van der Waals surface area (Å²) >= 11 is 5.95. The quantitative estimate of drug-likeness (QED) is 0.888. The summed E-state index contributed by atoms with van der Waals surface area (Å²) in [5, 5.41) is 3.88. The van der Waals surface area contributed by atoms with E-state index < -0.39 is 0 Å². The zero-order chi connectivity index (χ0) is 12.8. The minimum atomic E-state index is 0.269. The van der Waals surface area contributed by atoms with Crippen LogP contribution in [0.2, 0.25) is 5.02 Å². The van der Waals surface area contributed by atoms with Crippen LogP contribution in [0.1, 0.15) is 25.7 Å². The molecule has 5 nitrogen and oxygen atoms in total. The Morgan fingerprint density at radius 2 is 2.39 bits per heavy atom. The number of methoxy groups -OCH3 is 1. The van der Waals surface area contributed by atoms with Gasteiger partial charge in [0.2, 0.25) is 5.88 Å². The van der Waals surface area contributed by atoms with Crippen molar-refractivity contribution in [2.75, 3.05) is 20.3 Å². The fourth-order valence-electron chi connectivity index (χ4n) is 2.00. The van der Waals surface area contributed by atoms with Crippen LogP contribution in [-0.2, 0) is 0 Å². The minimum Gasteiger partial charge on any atom is -0.476 e. The van der Waals surface area contributed by atoms with E-state index in [4.69, 9.17) is 21.1 Å².